The van der Waals surface area contributed by atoms with Crippen LogP contribution >= 0.6 is 0 Å². The number of carbonyl (C=O) groups excluding carboxylic acids is 1. The minimum absolute atomic E-state index is 0. The maximum Gasteiger partial charge on any atom is 0.410 e. The Labute approximate surface area is 101 Å². The fourth-order valence-corrected chi connectivity index (χ4v) is 2.96. The summed E-state index contributed by atoms with van der Waals surface area (Å²) in [5.41, 5.74) is 2.04. The Morgan fingerprint density at radius 2 is 2.00 bits per heavy atom. The van der Waals surface area contributed by atoms with E-state index in [1.165, 1.54) is 0 Å². The van der Waals surface area contributed by atoms with Crippen LogP contribution in [-0.4, -0.2) is 52.6 Å². The van der Waals surface area contributed by atoms with E-state index in [-0.39, 0.29) is 19.6 Å². The normalized spacial score (nSPS) is 36.0. The van der Waals surface area contributed by atoms with Crippen LogP contribution in [0.5, 0.6) is 0 Å². The molecule has 0 aromatic rings. The molecule has 1 aliphatic carbocycles. The Kier molecular flexibility index (Phi) is 3.14. The van der Waals surface area contributed by atoms with Gasteiger partial charge in [-0.2, -0.15) is 0 Å². The maximum absolute atomic E-state index is 11.4. The summed E-state index contributed by atoms with van der Waals surface area (Å²) in [6.07, 6.45) is 0.324. The van der Waals surface area contributed by atoms with Crippen molar-refractivity contribution in [1.82, 2.24) is 4.90 Å². The zero-order valence-electron chi connectivity index (χ0n) is 8.93. The lowest BCUT2D eigenvalue weighted by atomic mass is 9.80. The number of aliphatic hydroxyl groups is 2. The van der Waals surface area contributed by atoms with E-state index >= 15 is 0 Å². The van der Waals surface area contributed by atoms with Crippen LogP contribution in [0.4, 0.5) is 4.79 Å². The molecular formula is C12H19NO4. The fraction of sp³-hybridized carbons (Fsp3) is 0.750. The van der Waals surface area contributed by atoms with Crippen LogP contribution < -0.4 is 0 Å². The molecule has 2 aliphatic heterocycles. The summed E-state index contributed by atoms with van der Waals surface area (Å²) < 4.78 is 5.02. The highest BCUT2D eigenvalue weighted by molar-refractivity contribution is 5.71. The van der Waals surface area contributed by atoms with Gasteiger partial charge in [-0.1, -0.05) is 7.43 Å². The minimum Gasteiger partial charge on any atom is -0.447 e. The van der Waals surface area contributed by atoms with Crippen LogP contribution in [0.3, 0.4) is 0 Å². The van der Waals surface area contributed by atoms with Gasteiger partial charge >= 0.3 is 6.09 Å². The lowest BCUT2D eigenvalue weighted by molar-refractivity contribution is 0.0223. The van der Waals surface area contributed by atoms with Gasteiger partial charge in [0.05, 0.1) is 12.1 Å². The molecule has 2 unspecified atom stereocenters. The Hall–Kier alpha value is -1.07. The zero-order valence-corrected chi connectivity index (χ0v) is 8.93. The third-order valence-corrected chi connectivity index (χ3v) is 3.84. The van der Waals surface area contributed by atoms with Gasteiger partial charge in [0.1, 0.15) is 12.7 Å². The van der Waals surface area contributed by atoms with Gasteiger partial charge in [0.15, 0.2) is 0 Å². The molecule has 2 heterocycles. The van der Waals surface area contributed by atoms with Crippen LogP contribution in [0.25, 0.3) is 0 Å². The third kappa shape index (κ3) is 1.73. The predicted octanol–water partition coefficient (Wildman–Crippen LogP) is 0.659. The second-order valence-electron chi connectivity index (χ2n) is 4.64. The SMILES string of the molecule is C.O=C1OC[C@@H]2C3=C(CCN12)C(O)C(O)CC3. The molecule has 0 bridgehead atoms. The van der Waals surface area contributed by atoms with E-state index in [0.29, 0.717) is 26.0 Å². The van der Waals surface area contributed by atoms with Crippen molar-refractivity contribution < 1.29 is 19.7 Å². The molecule has 0 spiro atoms. The summed E-state index contributed by atoms with van der Waals surface area (Å²) in [6.45, 7) is 0.979. The summed E-state index contributed by atoms with van der Waals surface area (Å²) in [6, 6.07) is -0.00148. The first-order chi connectivity index (χ1) is 7.68. The molecule has 0 radical (unpaired) electrons. The molecule has 1 saturated heterocycles. The van der Waals surface area contributed by atoms with E-state index in [9.17, 15) is 15.0 Å². The predicted molar refractivity (Wildman–Crippen MR) is 61.5 cm³/mol. The number of rotatable bonds is 0. The standard InChI is InChI=1S/C11H15NO4.CH4/c13-9-2-1-6-7(10(9)14)3-4-12-8(6)5-16-11(12)15;/h8-10,13-14H,1-5H2;1H4/t8-,9?,10?;/m1./s1. The molecule has 0 aromatic carbocycles. The fourth-order valence-electron chi connectivity index (χ4n) is 2.96. The molecule has 0 saturated carbocycles. The van der Waals surface area contributed by atoms with Gasteiger partial charge in [-0.05, 0) is 30.4 Å². The summed E-state index contributed by atoms with van der Waals surface area (Å²) >= 11 is 0. The lowest BCUT2D eigenvalue weighted by Crippen LogP contribution is -2.45. The number of hydrogen-bond acceptors (Lipinski definition) is 4. The molecule has 1 fully saturated rings. The van der Waals surface area contributed by atoms with Gasteiger partial charge in [0.25, 0.3) is 0 Å². The first-order valence-electron chi connectivity index (χ1n) is 5.70. The first kappa shape index (κ1) is 12.4. The molecule has 5 nitrogen and oxygen atoms in total. The number of amides is 1. The van der Waals surface area contributed by atoms with Crippen LogP contribution in [0.1, 0.15) is 26.7 Å². The zero-order chi connectivity index (χ0) is 11.3. The number of aliphatic hydroxyl groups excluding tert-OH is 2. The van der Waals surface area contributed by atoms with Crippen molar-refractivity contribution in [2.24, 2.45) is 0 Å². The summed E-state index contributed by atoms with van der Waals surface area (Å²) in [5, 5.41) is 19.5. The van der Waals surface area contributed by atoms with E-state index in [1.54, 1.807) is 4.90 Å². The number of hydrogen-bond donors (Lipinski definition) is 2. The number of carbonyl (C=O) groups is 1. The number of fused-ring (bicyclic) bond motifs is 2. The van der Waals surface area contributed by atoms with Gasteiger partial charge in [-0.3, -0.25) is 4.90 Å². The quantitative estimate of drug-likeness (QED) is 0.611. The molecular weight excluding hydrogens is 222 g/mol. The van der Waals surface area contributed by atoms with E-state index in [2.05, 4.69) is 0 Å². The monoisotopic (exact) mass is 241 g/mol. The molecule has 1 amide bonds. The highest BCUT2D eigenvalue weighted by Crippen LogP contribution is 2.37. The lowest BCUT2D eigenvalue weighted by Gasteiger charge is -2.38. The summed E-state index contributed by atoms with van der Waals surface area (Å²) in [7, 11) is 0. The number of cyclic esters (lactones) is 1. The van der Waals surface area contributed by atoms with E-state index in [0.717, 1.165) is 17.6 Å². The van der Waals surface area contributed by atoms with Crippen molar-refractivity contribution in [3.8, 4) is 0 Å². The highest BCUT2D eigenvalue weighted by atomic mass is 16.6. The smallest absolute Gasteiger partial charge is 0.410 e. The Balaban J connectivity index is 0.00000108. The van der Waals surface area contributed by atoms with Crippen LogP contribution in [0.2, 0.25) is 0 Å². The number of ether oxygens (including phenoxy) is 1. The van der Waals surface area contributed by atoms with Crippen LogP contribution in [0, 0.1) is 0 Å². The Morgan fingerprint density at radius 1 is 1.24 bits per heavy atom. The molecule has 3 atom stereocenters. The van der Waals surface area contributed by atoms with Gasteiger partial charge in [-0.25, -0.2) is 4.79 Å². The molecule has 5 heteroatoms. The van der Waals surface area contributed by atoms with Gasteiger partial charge in [0, 0.05) is 6.54 Å². The Bertz CT molecular complexity index is 366. The molecule has 96 valence electrons. The summed E-state index contributed by atoms with van der Waals surface area (Å²) in [4.78, 5) is 13.1. The van der Waals surface area contributed by atoms with Gasteiger partial charge < -0.3 is 14.9 Å². The maximum atomic E-state index is 11.4. The topological polar surface area (TPSA) is 70.0 Å². The van der Waals surface area contributed by atoms with E-state index in [1.807, 2.05) is 0 Å². The second kappa shape index (κ2) is 4.31. The van der Waals surface area contributed by atoms with Crippen molar-refractivity contribution in [2.45, 2.75) is 44.9 Å². The first-order valence-corrected chi connectivity index (χ1v) is 5.70. The van der Waals surface area contributed by atoms with Gasteiger partial charge in [0.2, 0.25) is 0 Å². The summed E-state index contributed by atoms with van der Waals surface area (Å²) in [5.74, 6) is 0. The van der Waals surface area contributed by atoms with Crippen LogP contribution in [0.15, 0.2) is 11.1 Å². The van der Waals surface area contributed by atoms with E-state index in [4.69, 9.17) is 4.74 Å². The Morgan fingerprint density at radius 3 is 2.76 bits per heavy atom. The molecule has 2 N–H and O–H groups in total. The molecule has 3 rings (SSSR count). The molecule has 17 heavy (non-hydrogen) atoms. The van der Waals surface area contributed by atoms with Crippen molar-refractivity contribution in [3.63, 3.8) is 0 Å². The van der Waals surface area contributed by atoms with Crippen molar-refractivity contribution >= 4 is 6.09 Å². The average Bonchev–Trinajstić information content (AvgIpc) is 2.66. The molecule has 0 aromatic heterocycles. The van der Waals surface area contributed by atoms with Crippen molar-refractivity contribution in [1.29, 1.82) is 0 Å². The van der Waals surface area contributed by atoms with E-state index < -0.39 is 12.2 Å². The van der Waals surface area contributed by atoms with Gasteiger partial charge in [-0.15, -0.1) is 0 Å². The average molecular weight is 241 g/mol. The second-order valence-corrected chi connectivity index (χ2v) is 4.64. The molecule has 3 aliphatic rings. The highest BCUT2D eigenvalue weighted by Gasteiger charge is 2.43. The van der Waals surface area contributed by atoms with Crippen molar-refractivity contribution in [3.05, 3.63) is 11.1 Å². The number of nitrogens with zero attached hydrogens (tertiary/aromatic N) is 1. The van der Waals surface area contributed by atoms with Crippen LogP contribution in [-0.2, 0) is 4.74 Å². The minimum atomic E-state index is -0.749. The van der Waals surface area contributed by atoms with Crippen molar-refractivity contribution in [2.75, 3.05) is 13.2 Å². The third-order valence-electron chi connectivity index (χ3n) is 3.84. The largest absolute Gasteiger partial charge is 0.447 e.